The maximum absolute atomic E-state index is 12.3. The Kier molecular flexibility index (Phi) is 4.31. The molecule has 1 N–H and O–H groups in total. The molecule has 0 saturated carbocycles. The van der Waals surface area contributed by atoms with Crippen LogP contribution in [0, 0.1) is 6.92 Å². The molecule has 0 aromatic carbocycles. The quantitative estimate of drug-likeness (QED) is 0.868. The van der Waals surface area contributed by atoms with Crippen molar-refractivity contribution in [2.45, 2.75) is 32.7 Å². The molecular weight excluding hydrogens is 226 g/mol. The lowest BCUT2D eigenvalue weighted by atomic mass is 10.1. The topological polar surface area (TPSA) is 45.2 Å². The van der Waals surface area contributed by atoms with Crippen LogP contribution in [0.5, 0.6) is 0 Å². The van der Waals surface area contributed by atoms with Gasteiger partial charge in [0.05, 0.1) is 12.1 Å². The first-order valence-corrected chi connectivity index (χ1v) is 6.63. The molecule has 0 bridgehead atoms. The standard InChI is InChI=1S/C14H21N3O/c1-3-17(12-6-8-15-10-12)14(18)9-13-11(2)5-4-7-16-13/h4-5,7,12,15H,3,6,8-10H2,1-2H3. The molecule has 0 spiro atoms. The van der Waals surface area contributed by atoms with E-state index in [4.69, 9.17) is 0 Å². The van der Waals surface area contributed by atoms with Gasteiger partial charge in [0, 0.05) is 25.3 Å². The van der Waals surface area contributed by atoms with Gasteiger partial charge in [-0.3, -0.25) is 9.78 Å². The SMILES string of the molecule is CCN(C(=O)Cc1ncccc1C)C1CCNC1. The van der Waals surface area contributed by atoms with Crippen molar-refractivity contribution in [3.05, 3.63) is 29.6 Å². The smallest absolute Gasteiger partial charge is 0.228 e. The highest BCUT2D eigenvalue weighted by molar-refractivity contribution is 5.79. The van der Waals surface area contributed by atoms with Crippen LogP contribution < -0.4 is 5.32 Å². The van der Waals surface area contributed by atoms with E-state index >= 15 is 0 Å². The summed E-state index contributed by atoms with van der Waals surface area (Å²) in [6, 6.07) is 4.26. The number of nitrogens with one attached hydrogen (secondary N) is 1. The zero-order chi connectivity index (χ0) is 13.0. The van der Waals surface area contributed by atoms with E-state index in [-0.39, 0.29) is 5.91 Å². The molecule has 1 unspecified atom stereocenters. The summed E-state index contributed by atoms with van der Waals surface area (Å²) in [5, 5.41) is 3.31. The first-order valence-electron chi connectivity index (χ1n) is 6.63. The predicted molar refractivity (Wildman–Crippen MR) is 71.3 cm³/mol. The molecule has 1 aromatic rings. The van der Waals surface area contributed by atoms with E-state index in [0.29, 0.717) is 12.5 Å². The van der Waals surface area contributed by atoms with Gasteiger partial charge in [-0.1, -0.05) is 6.07 Å². The van der Waals surface area contributed by atoms with Crippen molar-refractivity contribution >= 4 is 5.91 Å². The zero-order valence-electron chi connectivity index (χ0n) is 11.1. The minimum atomic E-state index is 0.188. The molecule has 2 rings (SSSR count). The Labute approximate surface area is 108 Å². The molecular formula is C14H21N3O. The van der Waals surface area contributed by atoms with Crippen LogP contribution in [0.4, 0.5) is 0 Å². The van der Waals surface area contributed by atoms with Gasteiger partial charge in [0.1, 0.15) is 0 Å². The van der Waals surface area contributed by atoms with Crippen LogP contribution in [0.1, 0.15) is 24.6 Å². The number of aromatic nitrogens is 1. The van der Waals surface area contributed by atoms with E-state index in [0.717, 1.165) is 37.3 Å². The lowest BCUT2D eigenvalue weighted by Gasteiger charge is -2.27. The highest BCUT2D eigenvalue weighted by atomic mass is 16.2. The maximum Gasteiger partial charge on any atom is 0.228 e. The van der Waals surface area contributed by atoms with Crippen molar-refractivity contribution in [3.63, 3.8) is 0 Å². The Bertz CT molecular complexity index is 413. The molecule has 1 fully saturated rings. The van der Waals surface area contributed by atoms with Crippen LogP contribution >= 0.6 is 0 Å². The van der Waals surface area contributed by atoms with Crippen molar-refractivity contribution < 1.29 is 4.79 Å². The number of pyridine rings is 1. The Morgan fingerprint density at radius 1 is 1.61 bits per heavy atom. The third-order valence-electron chi connectivity index (χ3n) is 3.57. The summed E-state index contributed by atoms with van der Waals surface area (Å²) in [7, 11) is 0. The third-order valence-corrected chi connectivity index (χ3v) is 3.57. The molecule has 1 saturated heterocycles. The Morgan fingerprint density at radius 3 is 3.06 bits per heavy atom. The first-order chi connectivity index (χ1) is 8.72. The molecule has 4 heteroatoms. The minimum absolute atomic E-state index is 0.188. The van der Waals surface area contributed by atoms with Gasteiger partial charge in [-0.2, -0.15) is 0 Å². The van der Waals surface area contributed by atoms with Gasteiger partial charge in [-0.25, -0.2) is 0 Å². The molecule has 0 aliphatic carbocycles. The van der Waals surface area contributed by atoms with Crippen LogP contribution in [0.2, 0.25) is 0 Å². The number of likely N-dealkylation sites (N-methyl/N-ethyl adjacent to an activating group) is 1. The normalized spacial score (nSPS) is 18.9. The molecule has 1 aromatic heterocycles. The molecule has 4 nitrogen and oxygen atoms in total. The van der Waals surface area contributed by atoms with Crippen molar-refractivity contribution in [1.29, 1.82) is 0 Å². The van der Waals surface area contributed by atoms with E-state index in [1.807, 2.05) is 30.9 Å². The second kappa shape index (κ2) is 5.96. The summed E-state index contributed by atoms with van der Waals surface area (Å²) in [6.07, 6.45) is 3.22. The third kappa shape index (κ3) is 2.88. The molecule has 0 radical (unpaired) electrons. The van der Waals surface area contributed by atoms with Gasteiger partial charge >= 0.3 is 0 Å². The van der Waals surface area contributed by atoms with Gasteiger partial charge in [0.25, 0.3) is 0 Å². The average molecular weight is 247 g/mol. The van der Waals surface area contributed by atoms with E-state index in [2.05, 4.69) is 10.3 Å². The number of hydrogen-bond donors (Lipinski definition) is 1. The summed E-state index contributed by atoms with van der Waals surface area (Å²) in [5.41, 5.74) is 1.98. The van der Waals surface area contributed by atoms with Crippen molar-refractivity contribution in [2.75, 3.05) is 19.6 Å². The van der Waals surface area contributed by atoms with E-state index in [1.165, 1.54) is 0 Å². The lowest BCUT2D eigenvalue weighted by molar-refractivity contribution is -0.132. The number of aryl methyl sites for hydroxylation is 1. The summed E-state index contributed by atoms with van der Waals surface area (Å²) >= 11 is 0. The fourth-order valence-corrected chi connectivity index (χ4v) is 2.49. The molecule has 18 heavy (non-hydrogen) atoms. The van der Waals surface area contributed by atoms with Crippen LogP contribution in [0.15, 0.2) is 18.3 Å². The molecule has 98 valence electrons. The fourth-order valence-electron chi connectivity index (χ4n) is 2.49. The Morgan fingerprint density at radius 2 is 2.44 bits per heavy atom. The summed E-state index contributed by atoms with van der Waals surface area (Å²) in [4.78, 5) is 18.6. The summed E-state index contributed by atoms with van der Waals surface area (Å²) in [5.74, 6) is 0.188. The van der Waals surface area contributed by atoms with E-state index in [1.54, 1.807) is 6.20 Å². The summed E-state index contributed by atoms with van der Waals surface area (Å²) in [6.45, 7) is 6.75. The second-order valence-electron chi connectivity index (χ2n) is 4.77. The molecule has 1 aliphatic rings. The highest BCUT2D eigenvalue weighted by Crippen LogP contribution is 2.12. The van der Waals surface area contributed by atoms with Crippen LogP contribution in [0.3, 0.4) is 0 Å². The largest absolute Gasteiger partial charge is 0.338 e. The average Bonchev–Trinajstić information content (AvgIpc) is 2.87. The van der Waals surface area contributed by atoms with Crippen LogP contribution in [-0.4, -0.2) is 41.5 Å². The first kappa shape index (κ1) is 13.0. The lowest BCUT2D eigenvalue weighted by Crippen LogP contribution is -2.42. The Balaban J connectivity index is 2.03. The van der Waals surface area contributed by atoms with Crippen LogP contribution in [-0.2, 0) is 11.2 Å². The van der Waals surface area contributed by atoms with Gasteiger partial charge in [-0.15, -0.1) is 0 Å². The number of rotatable bonds is 4. The monoisotopic (exact) mass is 247 g/mol. The van der Waals surface area contributed by atoms with Gasteiger partial charge in [-0.05, 0) is 38.4 Å². The number of carbonyl (C=O) groups is 1. The molecule has 1 atom stereocenters. The van der Waals surface area contributed by atoms with Gasteiger partial charge in [0.2, 0.25) is 5.91 Å². The van der Waals surface area contributed by atoms with Gasteiger partial charge < -0.3 is 10.2 Å². The minimum Gasteiger partial charge on any atom is -0.338 e. The second-order valence-corrected chi connectivity index (χ2v) is 4.77. The highest BCUT2D eigenvalue weighted by Gasteiger charge is 2.25. The summed E-state index contributed by atoms with van der Waals surface area (Å²) < 4.78 is 0. The van der Waals surface area contributed by atoms with Gasteiger partial charge in [0.15, 0.2) is 0 Å². The van der Waals surface area contributed by atoms with Crippen molar-refractivity contribution in [1.82, 2.24) is 15.2 Å². The number of carbonyl (C=O) groups excluding carboxylic acids is 1. The van der Waals surface area contributed by atoms with Crippen molar-refractivity contribution in [3.8, 4) is 0 Å². The molecule has 1 aliphatic heterocycles. The predicted octanol–water partition coefficient (Wildman–Crippen LogP) is 1.14. The number of amides is 1. The molecule has 2 heterocycles. The Hall–Kier alpha value is -1.42. The molecule has 1 amide bonds. The van der Waals surface area contributed by atoms with E-state index < -0.39 is 0 Å². The fraction of sp³-hybridized carbons (Fsp3) is 0.571. The maximum atomic E-state index is 12.3. The van der Waals surface area contributed by atoms with E-state index in [9.17, 15) is 4.79 Å². The zero-order valence-corrected chi connectivity index (χ0v) is 11.1. The van der Waals surface area contributed by atoms with Crippen molar-refractivity contribution in [2.24, 2.45) is 0 Å². The van der Waals surface area contributed by atoms with Crippen LogP contribution in [0.25, 0.3) is 0 Å². The number of hydrogen-bond acceptors (Lipinski definition) is 3. The number of nitrogens with zero attached hydrogens (tertiary/aromatic N) is 2.